The Hall–Kier alpha value is -3.48. The van der Waals surface area contributed by atoms with E-state index in [0.29, 0.717) is 29.6 Å². The average Bonchev–Trinajstić information content (AvgIpc) is 3.44. The molecule has 0 fully saturated rings. The number of fused-ring (bicyclic) bond motifs is 1. The summed E-state index contributed by atoms with van der Waals surface area (Å²) in [5.41, 5.74) is 2.37. The Morgan fingerprint density at radius 1 is 1.31 bits per heavy atom. The number of rotatable bonds is 7. The van der Waals surface area contributed by atoms with Crippen LogP contribution in [-0.4, -0.2) is 23.8 Å². The number of hydrogen-bond donors (Lipinski definition) is 0. The minimum atomic E-state index is -0.496. The highest BCUT2D eigenvalue weighted by Crippen LogP contribution is 2.35. The number of furan rings is 1. The normalized spacial score (nSPS) is 15.3. The highest BCUT2D eigenvalue weighted by Gasteiger charge is 2.21. The molecule has 7 nitrogen and oxygen atoms in total. The van der Waals surface area contributed by atoms with Gasteiger partial charge in [-0.3, -0.25) is 0 Å². The van der Waals surface area contributed by atoms with Crippen LogP contribution in [0.5, 0.6) is 11.5 Å². The molecule has 0 spiro atoms. The zero-order valence-electron chi connectivity index (χ0n) is 16.2. The van der Waals surface area contributed by atoms with Gasteiger partial charge in [-0.1, -0.05) is 5.16 Å². The third-order valence-corrected chi connectivity index (χ3v) is 4.41. The third kappa shape index (κ3) is 4.34. The lowest BCUT2D eigenvalue weighted by Crippen LogP contribution is -2.05. The number of aromatic nitrogens is 1. The van der Waals surface area contributed by atoms with Crippen molar-refractivity contribution in [3.05, 3.63) is 59.5 Å². The van der Waals surface area contributed by atoms with Crippen LogP contribution in [-0.2, 0) is 22.6 Å². The van der Waals surface area contributed by atoms with Crippen molar-refractivity contribution < 1.29 is 27.9 Å². The number of nitrogens with zero attached hydrogens (tertiary/aromatic N) is 1. The lowest BCUT2D eigenvalue weighted by molar-refractivity contribution is -0.139. The zero-order valence-corrected chi connectivity index (χ0v) is 16.2. The standard InChI is InChI=1S/C22H21NO6/c1-3-25-19-11-16-9-14(2)28-20(16)10-15(19)6-7-22(24)27-13-17-12-21(29-23-17)18-5-4-8-26-18/h4-8,10-12,14H,3,9,13H2,1-2H3/b7-6+/t14-/m0/s1. The van der Waals surface area contributed by atoms with E-state index in [1.54, 1.807) is 30.5 Å². The average molecular weight is 395 g/mol. The van der Waals surface area contributed by atoms with Crippen LogP contribution >= 0.6 is 0 Å². The highest BCUT2D eigenvalue weighted by molar-refractivity contribution is 5.87. The van der Waals surface area contributed by atoms with Crippen LogP contribution in [0.4, 0.5) is 0 Å². The van der Waals surface area contributed by atoms with E-state index < -0.39 is 5.97 Å². The van der Waals surface area contributed by atoms with Crippen molar-refractivity contribution in [1.29, 1.82) is 0 Å². The Balaban J connectivity index is 1.40. The molecule has 0 saturated carbocycles. The maximum atomic E-state index is 12.1. The van der Waals surface area contributed by atoms with Gasteiger partial charge < -0.3 is 23.2 Å². The molecule has 0 saturated heterocycles. The summed E-state index contributed by atoms with van der Waals surface area (Å²) in [6, 6.07) is 9.04. The Morgan fingerprint density at radius 3 is 3.00 bits per heavy atom. The molecule has 4 rings (SSSR count). The van der Waals surface area contributed by atoms with Crippen LogP contribution < -0.4 is 9.47 Å². The first-order chi connectivity index (χ1) is 14.1. The second-order valence-electron chi connectivity index (χ2n) is 6.66. The van der Waals surface area contributed by atoms with E-state index in [4.69, 9.17) is 23.2 Å². The Morgan fingerprint density at radius 2 is 2.21 bits per heavy atom. The van der Waals surface area contributed by atoms with E-state index in [-0.39, 0.29) is 12.7 Å². The van der Waals surface area contributed by atoms with Crippen LogP contribution in [0.25, 0.3) is 17.6 Å². The van der Waals surface area contributed by atoms with E-state index in [9.17, 15) is 4.79 Å². The van der Waals surface area contributed by atoms with Crippen molar-refractivity contribution in [2.45, 2.75) is 33.0 Å². The molecule has 29 heavy (non-hydrogen) atoms. The zero-order chi connectivity index (χ0) is 20.2. The lowest BCUT2D eigenvalue weighted by Gasteiger charge is -2.10. The number of esters is 1. The van der Waals surface area contributed by atoms with Crippen LogP contribution in [0.2, 0.25) is 0 Å². The van der Waals surface area contributed by atoms with Gasteiger partial charge in [-0.05, 0) is 44.2 Å². The topological polar surface area (TPSA) is 83.9 Å². The van der Waals surface area contributed by atoms with Gasteiger partial charge in [0.15, 0.2) is 5.76 Å². The summed E-state index contributed by atoms with van der Waals surface area (Å²) in [5.74, 6) is 2.08. The smallest absolute Gasteiger partial charge is 0.331 e. The summed E-state index contributed by atoms with van der Waals surface area (Å²) in [7, 11) is 0. The Bertz CT molecular complexity index is 1020. The molecule has 0 radical (unpaired) electrons. The molecular formula is C22H21NO6. The fourth-order valence-corrected chi connectivity index (χ4v) is 3.13. The van der Waals surface area contributed by atoms with Gasteiger partial charge in [0.2, 0.25) is 5.76 Å². The molecular weight excluding hydrogens is 374 g/mol. The number of benzene rings is 1. The molecule has 3 aromatic rings. The van der Waals surface area contributed by atoms with Crippen LogP contribution in [0, 0.1) is 0 Å². The highest BCUT2D eigenvalue weighted by atomic mass is 16.5. The molecule has 2 aromatic heterocycles. The Labute approximate surface area is 167 Å². The van der Waals surface area contributed by atoms with Gasteiger partial charge in [-0.15, -0.1) is 0 Å². The van der Waals surface area contributed by atoms with Crippen molar-refractivity contribution in [1.82, 2.24) is 5.16 Å². The Kier molecular flexibility index (Phi) is 5.37. The summed E-state index contributed by atoms with van der Waals surface area (Å²) in [6.45, 7) is 4.47. The quantitative estimate of drug-likeness (QED) is 0.433. The van der Waals surface area contributed by atoms with Gasteiger partial charge in [0, 0.05) is 29.7 Å². The molecule has 3 heterocycles. The van der Waals surface area contributed by atoms with Gasteiger partial charge in [0.25, 0.3) is 0 Å². The van der Waals surface area contributed by atoms with E-state index >= 15 is 0 Å². The molecule has 0 unspecified atom stereocenters. The molecule has 0 N–H and O–H groups in total. The summed E-state index contributed by atoms with van der Waals surface area (Å²) in [4.78, 5) is 12.1. The van der Waals surface area contributed by atoms with E-state index in [0.717, 1.165) is 23.3 Å². The summed E-state index contributed by atoms with van der Waals surface area (Å²) < 4.78 is 27.2. The second-order valence-corrected chi connectivity index (χ2v) is 6.66. The van der Waals surface area contributed by atoms with Crippen molar-refractivity contribution >= 4 is 12.0 Å². The van der Waals surface area contributed by atoms with E-state index in [2.05, 4.69) is 5.16 Å². The largest absolute Gasteiger partial charge is 0.493 e. The first-order valence-corrected chi connectivity index (χ1v) is 9.43. The van der Waals surface area contributed by atoms with Crippen molar-refractivity contribution in [3.8, 4) is 23.0 Å². The lowest BCUT2D eigenvalue weighted by atomic mass is 10.1. The SMILES string of the molecule is CCOc1cc2c(cc1/C=C/C(=O)OCc1cc(-c3ccco3)on1)O[C@@H](C)C2. The van der Waals surface area contributed by atoms with Gasteiger partial charge in [-0.25, -0.2) is 4.79 Å². The summed E-state index contributed by atoms with van der Waals surface area (Å²) >= 11 is 0. The monoisotopic (exact) mass is 395 g/mol. The van der Waals surface area contributed by atoms with E-state index in [1.807, 2.05) is 26.0 Å². The van der Waals surface area contributed by atoms with E-state index in [1.165, 1.54) is 6.08 Å². The van der Waals surface area contributed by atoms with Crippen LogP contribution in [0.3, 0.4) is 0 Å². The summed E-state index contributed by atoms with van der Waals surface area (Å²) in [6.07, 6.45) is 5.55. The fraction of sp³-hybridized carbons (Fsp3) is 0.273. The molecule has 0 amide bonds. The molecule has 1 aliphatic heterocycles. The maximum Gasteiger partial charge on any atom is 0.331 e. The predicted molar refractivity (Wildman–Crippen MR) is 104 cm³/mol. The molecule has 1 aliphatic rings. The first-order valence-electron chi connectivity index (χ1n) is 9.43. The third-order valence-electron chi connectivity index (χ3n) is 4.41. The molecule has 7 heteroatoms. The fourth-order valence-electron chi connectivity index (χ4n) is 3.13. The molecule has 1 aromatic carbocycles. The van der Waals surface area contributed by atoms with Gasteiger partial charge in [-0.2, -0.15) is 0 Å². The number of hydrogen-bond acceptors (Lipinski definition) is 7. The first kappa shape index (κ1) is 18.9. The summed E-state index contributed by atoms with van der Waals surface area (Å²) in [5, 5.41) is 3.87. The van der Waals surface area contributed by atoms with Crippen molar-refractivity contribution in [2.24, 2.45) is 0 Å². The number of carbonyl (C=O) groups is 1. The maximum absolute atomic E-state index is 12.1. The minimum Gasteiger partial charge on any atom is -0.493 e. The predicted octanol–water partition coefficient (Wildman–Crippen LogP) is 4.41. The van der Waals surface area contributed by atoms with Gasteiger partial charge in [0.1, 0.15) is 29.9 Å². The second kappa shape index (κ2) is 8.26. The minimum absolute atomic E-state index is 0.00346. The van der Waals surface area contributed by atoms with Gasteiger partial charge in [0.05, 0.1) is 12.9 Å². The van der Waals surface area contributed by atoms with Crippen molar-refractivity contribution in [3.63, 3.8) is 0 Å². The molecule has 0 aliphatic carbocycles. The van der Waals surface area contributed by atoms with Crippen molar-refractivity contribution in [2.75, 3.05) is 6.61 Å². The van der Waals surface area contributed by atoms with Gasteiger partial charge >= 0.3 is 5.97 Å². The van der Waals surface area contributed by atoms with Crippen LogP contribution in [0.1, 0.15) is 30.7 Å². The molecule has 1 atom stereocenters. The molecule has 150 valence electrons. The number of ether oxygens (including phenoxy) is 3. The molecule has 0 bridgehead atoms. The number of carbonyl (C=O) groups excluding carboxylic acids is 1. The van der Waals surface area contributed by atoms with Crippen LogP contribution in [0.15, 0.2) is 51.6 Å².